The van der Waals surface area contributed by atoms with Gasteiger partial charge in [-0.15, -0.1) is 11.3 Å². The van der Waals surface area contributed by atoms with E-state index in [9.17, 15) is 10.1 Å². The first kappa shape index (κ1) is 21.2. The number of thiophene rings is 1. The number of aromatic nitrogens is 1. The molecular formula is C27H19N5OS. The van der Waals surface area contributed by atoms with Crippen LogP contribution in [0.5, 0.6) is 0 Å². The summed E-state index contributed by atoms with van der Waals surface area (Å²) in [6.45, 7) is 0. The Labute approximate surface area is 200 Å². The highest BCUT2D eigenvalue weighted by Gasteiger charge is 2.26. The topological polar surface area (TPSA) is 104 Å². The third kappa shape index (κ3) is 3.94. The largest absolute Gasteiger partial charge is 0.383 e. The first-order chi connectivity index (χ1) is 16.7. The lowest BCUT2D eigenvalue weighted by Gasteiger charge is -2.10. The quantitative estimate of drug-likeness (QED) is 0.280. The number of benzene rings is 3. The monoisotopic (exact) mass is 461 g/mol. The Morgan fingerprint density at radius 2 is 1.47 bits per heavy atom. The minimum atomic E-state index is -0.313. The van der Waals surface area contributed by atoms with Gasteiger partial charge in [0.1, 0.15) is 28.0 Å². The number of para-hydroxylation sites is 2. The van der Waals surface area contributed by atoms with E-state index in [1.807, 2.05) is 91.0 Å². The Morgan fingerprint density at radius 3 is 2.09 bits per heavy atom. The fourth-order valence-corrected chi connectivity index (χ4v) is 5.01. The van der Waals surface area contributed by atoms with Crippen molar-refractivity contribution in [1.82, 2.24) is 4.98 Å². The lowest BCUT2D eigenvalue weighted by molar-refractivity contribution is 0.102. The van der Waals surface area contributed by atoms with Gasteiger partial charge in [-0.05, 0) is 29.8 Å². The predicted molar refractivity (Wildman–Crippen MR) is 138 cm³/mol. The minimum absolute atomic E-state index is 0.0895. The molecule has 0 bridgehead atoms. The molecule has 1 amide bonds. The summed E-state index contributed by atoms with van der Waals surface area (Å²) in [6.07, 6.45) is 0. The van der Waals surface area contributed by atoms with Crippen LogP contribution in [0.2, 0.25) is 0 Å². The van der Waals surface area contributed by atoms with Gasteiger partial charge in [-0.25, -0.2) is 4.98 Å². The highest BCUT2D eigenvalue weighted by atomic mass is 32.1. The van der Waals surface area contributed by atoms with Crippen molar-refractivity contribution in [3.05, 3.63) is 102 Å². The molecule has 5 rings (SSSR count). The number of nitrogens with one attached hydrogen (secondary N) is 2. The number of hydrogen-bond donors (Lipinski definition) is 3. The predicted octanol–water partition coefficient (Wildman–Crippen LogP) is 6.41. The molecule has 0 atom stereocenters. The van der Waals surface area contributed by atoms with E-state index < -0.39 is 0 Å². The number of pyridine rings is 1. The number of rotatable bonds is 5. The number of nitrogen functional groups attached to an aromatic ring is 1. The Bertz CT molecular complexity index is 1520. The molecule has 2 heterocycles. The van der Waals surface area contributed by atoms with E-state index in [4.69, 9.17) is 5.73 Å². The molecule has 164 valence electrons. The fraction of sp³-hybridized carbons (Fsp3) is 0. The van der Waals surface area contributed by atoms with Crippen molar-refractivity contribution in [1.29, 1.82) is 5.26 Å². The first-order valence-corrected chi connectivity index (χ1v) is 11.4. The number of nitriles is 1. The highest BCUT2D eigenvalue weighted by Crippen LogP contribution is 2.44. The smallest absolute Gasteiger partial charge is 0.260 e. The molecule has 2 aromatic heterocycles. The Kier molecular flexibility index (Phi) is 5.65. The molecule has 0 fully saturated rings. The highest BCUT2D eigenvalue weighted by molar-refractivity contribution is 7.24. The summed E-state index contributed by atoms with van der Waals surface area (Å²) in [5.41, 5.74) is 10.4. The second-order valence-electron chi connectivity index (χ2n) is 7.52. The number of carbonyl (C=O) groups excluding carboxylic acids is 1. The van der Waals surface area contributed by atoms with Gasteiger partial charge in [0.2, 0.25) is 0 Å². The Morgan fingerprint density at radius 1 is 0.882 bits per heavy atom. The van der Waals surface area contributed by atoms with Gasteiger partial charge in [0.15, 0.2) is 0 Å². The van der Waals surface area contributed by atoms with Crippen LogP contribution in [-0.2, 0) is 0 Å². The number of fused-ring (bicyclic) bond motifs is 1. The third-order valence-corrected chi connectivity index (χ3v) is 6.43. The first-order valence-electron chi connectivity index (χ1n) is 10.6. The van der Waals surface area contributed by atoms with Crippen LogP contribution in [0.15, 0.2) is 91.0 Å². The number of hydrogen-bond acceptors (Lipinski definition) is 6. The zero-order chi connectivity index (χ0) is 23.5. The third-order valence-electron chi connectivity index (χ3n) is 5.31. The van der Waals surface area contributed by atoms with Crippen LogP contribution in [0.3, 0.4) is 0 Å². The normalized spacial score (nSPS) is 10.6. The van der Waals surface area contributed by atoms with Crippen LogP contribution < -0.4 is 16.4 Å². The number of carbonyl (C=O) groups is 1. The number of nitrogens with zero attached hydrogens (tertiary/aromatic N) is 2. The van der Waals surface area contributed by atoms with Gasteiger partial charge < -0.3 is 16.4 Å². The van der Waals surface area contributed by atoms with Crippen LogP contribution in [0, 0.1) is 11.3 Å². The zero-order valence-electron chi connectivity index (χ0n) is 17.9. The molecule has 0 radical (unpaired) electrons. The van der Waals surface area contributed by atoms with Crippen molar-refractivity contribution in [3.8, 4) is 17.2 Å². The fourth-order valence-electron chi connectivity index (χ4n) is 3.78. The number of amides is 1. The van der Waals surface area contributed by atoms with Crippen molar-refractivity contribution in [2.75, 3.05) is 16.4 Å². The molecule has 6 nitrogen and oxygen atoms in total. The van der Waals surface area contributed by atoms with Crippen molar-refractivity contribution in [2.24, 2.45) is 0 Å². The summed E-state index contributed by atoms with van der Waals surface area (Å²) < 4.78 is 0.716. The van der Waals surface area contributed by atoms with E-state index in [0.29, 0.717) is 37.6 Å². The molecule has 3 aromatic carbocycles. The van der Waals surface area contributed by atoms with Gasteiger partial charge in [-0.3, -0.25) is 4.79 Å². The van der Waals surface area contributed by atoms with Crippen LogP contribution in [0.25, 0.3) is 21.3 Å². The summed E-state index contributed by atoms with van der Waals surface area (Å²) in [4.78, 5) is 18.0. The van der Waals surface area contributed by atoms with Crippen LogP contribution in [0.4, 0.5) is 22.2 Å². The van der Waals surface area contributed by atoms with E-state index >= 15 is 0 Å². The standard InChI is InChI=1S/C27H19N5OS/c28-16-20-21(17-10-4-1-5-11-17)24-23(32-25(20)29)22(26(33)30-18-12-6-2-7-13-18)27(34-24)31-19-14-8-3-9-15-19/h1-15,31H,(H2,29,32)(H,30,33). The molecule has 4 N–H and O–H groups in total. The van der Waals surface area contributed by atoms with Gasteiger partial charge in [0.25, 0.3) is 5.91 Å². The Hall–Kier alpha value is -4.67. The van der Waals surface area contributed by atoms with Crippen LogP contribution in [-0.4, -0.2) is 10.9 Å². The maximum absolute atomic E-state index is 13.5. The van der Waals surface area contributed by atoms with Crippen LogP contribution >= 0.6 is 11.3 Å². The average molecular weight is 462 g/mol. The second-order valence-corrected chi connectivity index (χ2v) is 8.54. The van der Waals surface area contributed by atoms with Crippen molar-refractivity contribution in [2.45, 2.75) is 0 Å². The molecule has 0 aliphatic rings. The van der Waals surface area contributed by atoms with E-state index in [1.165, 1.54) is 11.3 Å². The minimum Gasteiger partial charge on any atom is -0.383 e. The van der Waals surface area contributed by atoms with Crippen molar-refractivity contribution >= 4 is 49.7 Å². The SMILES string of the molecule is N#Cc1c(N)nc2c(C(=O)Nc3ccccc3)c(Nc3ccccc3)sc2c1-c1ccccc1. The van der Waals surface area contributed by atoms with E-state index in [0.717, 1.165) is 11.3 Å². The van der Waals surface area contributed by atoms with Gasteiger partial charge in [-0.1, -0.05) is 66.7 Å². The molecule has 0 saturated heterocycles. The van der Waals surface area contributed by atoms with E-state index in [-0.39, 0.29) is 11.7 Å². The molecule has 7 heteroatoms. The summed E-state index contributed by atoms with van der Waals surface area (Å²) in [7, 11) is 0. The molecule has 0 aliphatic carbocycles. The molecule has 34 heavy (non-hydrogen) atoms. The molecule has 0 saturated carbocycles. The summed E-state index contributed by atoms with van der Waals surface area (Å²) >= 11 is 1.38. The van der Waals surface area contributed by atoms with Crippen LogP contribution in [0.1, 0.15) is 15.9 Å². The Balaban J connectivity index is 1.76. The molecule has 0 spiro atoms. The average Bonchev–Trinajstić information content (AvgIpc) is 3.22. The number of anilines is 4. The van der Waals surface area contributed by atoms with Crippen molar-refractivity contribution < 1.29 is 4.79 Å². The lowest BCUT2D eigenvalue weighted by Crippen LogP contribution is -2.13. The van der Waals surface area contributed by atoms with Gasteiger partial charge in [0, 0.05) is 16.9 Å². The summed E-state index contributed by atoms with van der Waals surface area (Å²) in [6, 6.07) is 30.6. The maximum atomic E-state index is 13.5. The maximum Gasteiger partial charge on any atom is 0.260 e. The van der Waals surface area contributed by atoms with E-state index in [2.05, 4.69) is 21.7 Å². The van der Waals surface area contributed by atoms with E-state index in [1.54, 1.807) is 0 Å². The summed E-state index contributed by atoms with van der Waals surface area (Å²) in [5.74, 6) is -0.224. The second kappa shape index (κ2) is 9.06. The zero-order valence-corrected chi connectivity index (χ0v) is 18.8. The summed E-state index contributed by atoms with van der Waals surface area (Å²) in [5, 5.41) is 16.8. The molecule has 0 unspecified atom stereocenters. The van der Waals surface area contributed by atoms with Gasteiger partial charge >= 0.3 is 0 Å². The van der Waals surface area contributed by atoms with Crippen molar-refractivity contribution in [3.63, 3.8) is 0 Å². The molecule has 0 aliphatic heterocycles. The lowest BCUT2D eigenvalue weighted by atomic mass is 10.00. The molecular weight excluding hydrogens is 442 g/mol. The number of nitrogens with two attached hydrogens (primary N) is 1. The van der Waals surface area contributed by atoms with Gasteiger partial charge in [0.05, 0.1) is 10.2 Å². The van der Waals surface area contributed by atoms with Gasteiger partial charge in [-0.2, -0.15) is 5.26 Å². The molecule has 5 aromatic rings.